The number of hydrogen-bond acceptors (Lipinski definition) is 3. The Balaban J connectivity index is 2.20. The van der Waals surface area contributed by atoms with Gasteiger partial charge in [0.15, 0.2) is 0 Å². The van der Waals surface area contributed by atoms with Gasteiger partial charge in [0.1, 0.15) is 0 Å². The van der Waals surface area contributed by atoms with Gasteiger partial charge in [-0.05, 0) is 25.1 Å². The zero-order valence-electron chi connectivity index (χ0n) is 11.6. The number of carbonyl (C=O) groups excluding carboxylic acids is 2. The van der Waals surface area contributed by atoms with Gasteiger partial charge in [0.25, 0.3) is 11.5 Å². The lowest BCUT2D eigenvalue weighted by molar-refractivity contribution is -0.114. The van der Waals surface area contributed by atoms with Gasteiger partial charge < -0.3 is 10.00 Å². The average Bonchev–Trinajstić information content (AvgIpc) is 2.80. The van der Waals surface area contributed by atoms with Crippen molar-refractivity contribution in [2.45, 2.75) is 6.92 Å². The maximum absolute atomic E-state index is 12.5. The highest BCUT2D eigenvalue weighted by atomic mass is 16.2. The zero-order valence-corrected chi connectivity index (χ0v) is 11.6. The number of rotatable bonds is 1. The minimum atomic E-state index is -0.418. The molecular weight excluding hydrogens is 270 g/mol. The summed E-state index contributed by atoms with van der Waals surface area (Å²) in [6, 6.07) is 6.90. The Labute approximate surface area is 120 Å². The average molecular weight is 283 g/mol. The number of para-hydroxylation sites is 1. The van der Waals surface area contributed by atoms with Crippen molar-refractivity contribution in [1.29, 1.82) is 0 Å². The molecule has 1 aromatic heterocycles. The van der Waals surface area contributed by atoms with Crippen molar-refractivity contribution >= 4 is 23.5 Å². The lowest BCUT2D eigenvalue weighted by Crippen LogP contribution is -2.36. The summed E-state index contributed by atoms with van der Waals surface area (Å²) >= 11 is 0. The molecule has 0 fully saturated rings. The van der Waals surface area contributed by atoms with Gasteiger partial charge in [0.2, 0.25) is 5.78 Å². The number of amides is 1. The van der Waals surface area contributed by atoms with Crippen LogP contribution in [0.25, 0.3) is 6.08 Å². The first-order valence-electron chi connectivity index (χ1n) is 6.41. The largest absolute Gasteiger partial charge is 0.311 e. The molecule has 3 rings (SSSR count). The fourth-order valence-corrected chi connectivity index (χ4v) is 2.39. The van der Waals surface area contributed by atoms with Crippen molar-refractivity contribution in [3.05, 3.63) is 57.0 Å². The molecule has 1 aliphatic heterocycles. The molecule has 21 heavy (non-hydrogen) atoms. The Morgan fingerprint density at radius 1 is 1.10 bits per heavy atom. The van der Waals surface area contributed by atoms with Crippen molar-refractivity contribution in [1.82, 2.24) is 10.2 Å². The fraction of sp³-hybridized carbons (Fsp3) is 0.133. The number of benzene rings is 1. The summed E-state index contributed by atoms with van der Waals surface area (Å²) in [7, 11) is 1.61. The summed E-state index contributed by atoms with van der Waals surface area (Å²) in [6.07, 6.45) is 1.35. The summed E-state index contributed by atoms with van der Waals surface area (Å²) in [5.74, 6) is -0.785. The van der Waals surface area contributed by atoms with Crippen LogP contribution in [0.2, 0.25) is 0 Å². The van der Waals surface area contributed by atoms with Gasteiger partial charge in [0.05, 0.1) is 16.8 Å². The number of aryl methyl sites for hydroxylation is 1. The van der Waals surface area contributed by atoms with Crippen LogP contribution in [-0.4, -0.2) is 28.9 Å². The molecule has 2 aromatic rings. The van der Waals surface area contributed by atoms with Crippen molar-refractivity contribution in [2.75, 3.05) is 11.9 Å². The van der Waals surface area contributed by atoms with Crippen molar-refractivity contribution < 1.29 is 9.59 Å². The number of nitrogens with zero attached hydrogens (tertiary/aromatic N) is 1. The Kier molecular flexibility index (Phi) is 2.86. The van der Waals surface area contributed by atoms with E-state index >= 15 is 0 Å². The van der Waals surface area contributed by atoms with E-state index in [1.807, 2.05) is 0 Å². The van der Waals surface area contributed by atoms with Crippen LogP contribution in [0.5, 0.6) is 0 Å². The van der Waals surface area contributed by atoms with Crippen LogP contribution in [0.1, 0.15) is 21.6 Å². The number of fused-ring (bicyclic) bond motifs is 1. The van der Waals surface area contributed by atoms with Gasteiger partial charge in [-0.1, -0.05) is 12.1 Å². The Morgan fingerprint density at radius 3 is 2.48 bits per heavy atom. The normalized spacial score (nSPS) is 16.5. The molecular formula is C15H13N3O3. The predicted octanol–water partition coefficient (Wildman–Crippen LogP) is 1.25. The van der Waals surface area contributed by atoms with Crippen LogP contribution in [0, 0.1) is 6.92 Å². The minimum absolute atomic E-state index is 0.00981. The van der Waals surface area contributed by atoms with Crippen molar-refractivity contribution in [3.63, 3.8) is 0 Å². The highest BCUT2D eigenvalue weighted by molar-refractivity contribution is 6.36. The summed E-state index contributed by atoms with van der Waals surface area (Å²) in [5.41, 5.74) is 1.53. The molecule has 1 aromatic carbocycles. The SMILES string of the molecule is Cc1[nH][nH]c(=O)c1/C=C1/C(=O)c2ccccc2N(C)C1=O. The third-order valence-corrected chi connectivity index (χ3v) is 3.59. The van der Waals surface area contributed by atoms with E-state index in [0.29, 0.717) is 22.5 Å². The van der Waals surface area contributed by atoms with E-state index < -0.39 is 5.91 Å². The number of carbonyl (C=O) groups is 2. The highest BCUT2D eigenvalue weighted by Gasteiger charge is 2.32. The molecule has 0 bridgehead atoms. The van der Waals surface area contributed by atoms with E-state index in [1.54, 1.807) is 38.2 Å². The van der Waals surface area contributed by atoms with Crippen LogP contribution in [0.3, 0.4) is 0 Å². The van der Waals surface area contributed by atoms with E-state index in [9.17, 15) is 14.4 Å². The quantitative estimate of drug-likeness (QED) is 0.610. The molecule has 106 valence electrons. The van der Waals surface area contributed by atoms with Crippen LogP contribution in [-0.2, 0) is 4.79 Å². The number of anilines is 1. The number of ketones is 1. The van der Waals surface area contributed by atoms with Gasteiger partial charge in [-0.3, -0.25) is 19.5 Å². The number of nitrogens with one attached hydrogen (secondary N) is 2. The van der Waals surface area contributed by atoms with E-state index in [1.165, 1.54) is 11.0 Å². The molecule has 1 amide bonds. The summed E-state index contributed by atoms with van der Waals surface area (Å²) < 4.78 is 0. The van der Waals surface area contributed by atoms with Gasteiger partial charge >= 0.3 is 0 Å². The number of aromatic nitrogens is 2. The molecule has 1 aliphatic rings. The molecule has 0 atom stereocenters. The lowest BCUT2D eigenvalue weighted by Gasteiger charge is -2.26. The monoisotopic (exact) mass is 283 g/mol. The van der Waals surface area contributed by atoms with Gasteiger partial charge in [-0.25, -0.2) is 0 Å². The van der Waals surface area contributed by atoms with Crippen molar-refractivity contribution in [3.8, 4) is 0 Å². The van der Waals surface area contributed by atoms with E-state index in [4.69, 9.17) is 0 Å². The van der Waals surface area contributed by atoms with E-state index in [0.717, 1.165) is 0 Å². The van der Waals surface area contributed by atoms with E-state index in [2.05, 4.69) is 10.2 Å². The number of Topliss-reactive ketones (excluding diaryl/α,β-unsaturated/α-hetero) is 1. The number of hydrogen-bond donors (Lipinski definition) is 2. The van der Waals surface area contributed by atoms with Crippen LogP contribution < -0.4 is 10.5 Å². The number of H-pyrrole nitrogens is 2. The second kappa shape index (κ2) is 4.59. The predicted molar refractivity (Wildman–Crippen MR) is 78.3 cm³/mol. The Bertz CT molecular complexity index is 842. The maximum Gasteiger partial charge on any atom is 0.271 e. The first kappa shape index (κ1) is 13.1. The molecule has 6 heteroatoms. The summed E-state index contributed by atoms with van der Waals surface area (Å²) in [6.45, 7) is 1.69. The molecule has 2 N–H and O–H groups in total. The Hall–Kier alpha value is -2.89. The van der Waals surface area contributed by atoms with Crippen LogP contribution in [0.15, 0.2) is 34.6 Å². The van der Waals surface area contributed by atoms with Crippen LogP contribution >= 0.6 is 0 Å². The molecule has 0 spiro atoms. The highest BCUT2D eigenvalue weighted by Crippen LogP contribution is 2.29. The zero-order chi connectivity index (χ0) is 15.1. The van der Waals surface area contributed by atoms with Crippen molar-refractivity contribution in [2.24, 2.45) is 0 Å². The minimum Gasteiger partial charge on any atom is -0.311 e. The second-order valence-corrected chi connectivity index (χ2v) is 4.89. The van der Waals surface area contributed by atoms with Gasteiger partial charge in [-0.15, -0.1) is 0 Å². The summed E-state index contributed by atoms with van der Waals surface area (Å²) in [5, 5.41) is 5.09. The second-order valence-electron chi connectivity index (χ2n) is 4.89. The van der Waals surface area contributed by atoms with Crippen LogP contribution in [0.4, 0.5) is 5.69 Å². The van der Waals surface area contributed by atoms with Gasteiger partial charge in [0, 0.05) is 18.3 Å². The molecule has 0 radical (unpaired) electrons. The Morgan fingerprint density at radius 2 is 1.81 bits per heavy atom. The topological polar surface area (TPSA) is 86.0 Å². The van der Waals surface area contributed by atoms with Gasteiger partial charge in [-0.2, -0.15) is 0 Å². The maximum atomic E-state index is 12.5. The lowest BCUT2D eigenvalue weighted by atomic mass is 9.94. The number of aromatic amines is 2. The number of likely N-dealkylation sites (N-methyl/N-ethyl adjacent to an activating group) is 1. The first-order chi connectivity index (χ1) is 10.0. The molecule has 0 saturated carbocycles. The molecule has 0 saturated heterocycles. The smallest absolute Gasteiger partial charge is 0.271 e. The first-order valence-corrected chi connectivity index (χ1v) is 6.41. The third kappa shape index (κ3) is 1.92. The van der Waals surface area contributed by atoms with E-state index in [-0.39, 0.29) is 16.9 Å². The fourth-order valence-electron chi connectivity index (χ4n) is 2.39. The third-order valence-electron chi connectivity index (χ3n) is 3.59. The molecule has 0 aliphatic carbocycles. The standard InChI is InChI=1S/C15H13N3O3/c1-8-10(14(20)17-16-8)7-11-13(19)9-5-3-4-6-12(9)18(2)15(11)21/h3-7H,1-2H3,(H2,16,17,20)/b11-7-. The summed E-state index contributed by atoms with van der Waals surface area (Å²) in [4.78, 5) is 37.9. The molecule has 6 nitrogen and oxygen atoms in total. The molecule has 2 heterocycles. The molecule has 0 unspecified atom stereocenters.